The van der Waals surface area contributed by atoms with Gasteiger partial charge in [-0.1, -0.05) is 64.6 Å². The molecule has 3 aromatic rings. The average Bonchev–Trinajstić information content (AvgIpc) is 2.87. The van der Waals surface area contributed by atoms with Gasteiger partial charge >= 0.3 is 0 Å². The molecule has 0 saturated carbocycles. The number of sulfonamides is 1. The van der Waals surface area contributed by atoms with Crippen molar-refractivity contribution in [3.05, 3.63) is 92.9 Å². The Kier molecular flexibility index (Phi) is 9.47. The molecule has 0 aromatic heterocycles. The Labute approximate surface area is 232 Å². The van der Waals surface area contributed by atoms with Crippen LogP contribution in [0.5, 0.6) is 0 Å². The topological polar surface area (TPSA) is 86.8 Å². The van der Waals surface area contributed by atoms with Crippen LogP contribution in [0.4, 0.5) is 5.69 Å². The summed E-state index contributed by atoms with van der Waals surface area (Å²) in [7, 11) is -2.71. The smallest absolute Gasteiger partial charge is 0.264 e. The largest absolute Gasteiger partial charge is 0.357 e. The van der Waals surface area contributed by atoms with Crippen molar-refractivity contribution < 1.29 is 18.0 Å². The Bertz CT molecular complexity index is 1400. The van der Waals surface area contributed by atoms with E-state index in [1.54, 1.807) is 55.5 Å². The molecule has 0 unspecified atom stereocenters. The van der Waals surface area contributed by atoms with Gasteiger partial charge in [-0.3, -0.25) is 13.9 Å². The molecule has 0 bridgehead atoms. The number of amides is 2. The SMILES string of the molecule is CNC(=O)[C@H](C)N(Cc1ccc(Cl)c(Cl)c1)C(=O)CN(c1cccc(Cl)c1)S(=O)(=O)c1ccc(C)cc1. The summed E-state index contributed by atoms with van der Waals surface area (Å²) in [5.74, 6) is -1.01. The summed E-state index contributed by atoms with van der Waals surface area (Å²) in [6.07, 6.45) is 0. The van der Waals surface area contributed by atoms with Gasteiger partial charge in [-0.2, -0.15) is 0 Å². The molecule has 0 aliphatic carbocycles. The highest BCUT2D eigenvalue weighted by atomic mass is 35.5. The van der Waals surface area contributed by atoms with Gasteiger partial charge in [-0.15, -0.1) is 0 Å². The maximum atomic E-state index is 13.7. The minimum absolute atomic E-state index is 0.00171. The van der Waals surface area contributed by atoms with Crippen LogP contribution < -0.4 is 9.62 Å². The lowest BCUT2D eigenvalue weighted by Crippen LogP contribution is -2.50. The first-order chi connectivity index (χ1) is 17.4. The first kappa shape index (κ1) is 28.8. The first-order valence-corrected chi connectivity index (χ1v) is 13.8. The quantitative estimate of drug-likeness (QED) is 0.370. The molecule has 3 rings (SSSR count). The van der Waals surface area contributed by atoms with E-state index in [-0.39, 0.29) is 17.1 Å². The number of carbonyl (C=O) groups is 2. The van der Waals surface area contributed by atoms with Crippen LogP contribution in [0.3, 0.4) is 0 Å². The third-order valence-corrected chi connectivity index (χ3v) is 8.50. The molecule has 0 fully saturated rings. The molecular formula is C26H26Cl3N3O4S. The third-order valence-electron chi connectivity index (χ3n) is 5.73. The molecular weight excluding hydrogens is 557 g/mol. The second-order valence-electron chi connectivity index (χ2n) is 8.36. The standard InChI is InChI=1S/C26H26Cl3N3O4S/c1-17-7-10-22(11-8-17)37(35,36)32(21-6-4-5-20(27)14-21)16-25(33)31(18(2)26(34)30-3)15-19-9-12-23(28)24(29)13-19/h4-14,18H,15-16H2,1-3H3,(H,30,34)/t18-/m0/s1. The second kappa shape index (κ2) is 12.2. The van der Waals surface area contributed by atoms with E-state index in [1.165, 1.54) is 30.1 Å². The van der Waals surface area contributed by atoms with Crippen molar-refractivity contribution in [2.75, 3.05) is 17.9 Å². The molecule has 0 radical (unpaired) electrons. The van der Waals surface area contributed by atoms with E-state index in [4.69, 9.17) is 34.8 Å². The molecule has 0 spiro atoms. The number of carbonyl (C=O) groups excluding carboxylic acids is 2. The van der Waals surface area contributed by atoms with Gasteiger partial charge in [0.05, 0.1) is 20.6 Å². The third kappa shape index (κ3) is 6.96. The monoisotopic (exact) mass is 581 g/mol. The van der Waals surface area contributed by atoms with Crippen LogP contribution in [-0.2, 0) is 26.2 Å². The van der Waals surface area contributed by atoms with E-state index in [0.29, 0.717) is 20.6 Å². The summed E-state index contributed by atoms with van der Waals surface area (Å²) in [4.78, 5) is 27.5. The number of halogens is 3. The molecule has 2 amide bonds. The minimum Gasteiger partial charge on any atom is -0.357 e. The van der Waals surface area contributed by atoms with Crippen molar-refractivity contribution in [1.29, 1.82) is 0 Å². The van der Waals surface area contributed by atoms with Crippen LogP contribution in [0.1, 0.15) is 18.1 Å². The zero-order valence-electron chi connectivity index (χ0n) is 20.4. The highest BCUT2D eigenvalue weighted by molar-refractivity contribution is 7.92. The fraction of sp³-hybridized carbons (Fsp3) is 0.231. The maximum Gasteiger partial charge on any atom is 0.264 e. The zero-order valence-corrected chi connectivity index (χ0v) is 23.5. The summed E-state index contributed by atoms with van der Waals surface area (Å²) in [5.41, 5.74) is 1.72. The van der Waals surface area contributed by atoms with E-state index < -0.39 is 34.4 Å². The summed E-state index contributed by atoms with van der Waals surface area (Å²) >= 11 is 18.3. The molecule has 196 valence electrons. The highest BCUT2D eigenvalue weighted by Gasteiger charge is 2.32. The second-order valence-corrected chi connectivity index (χ2v) is 11.5. The molecule has 0 aliphatic rings. The van der Waals surface area contributed by atoms with Crippen LogP contribution in [0, 0.1) is 6.92 Å². The van der Waals surface area contributed by atoms with Gasteiger partial charge in [-0.05, 0) is 61.9 Å². The van der Waals surface area contributed by atoms with Crippen LogP contribution in [-0.4, -0.2) is 44.8 Å². The number of nitrogens with zero attached hydrogens (tertiary/aromatic N) is 2. The molecule has 0 aliphatic heterocycles. The molecule has 11 heteroatoms. The van der Waals surface area contributed by atoms with Gasteiger partial charge in [0.1, 0.15) is 12.6 Å². The lowest BCUT2D eigenvalue weighted by atomic mass is 10.1. The molecule has 7 nitrogen and oxygen atoms in total. The Morgan fingerprint density at radius 2 is 1.62 bits per heavy atom. The van der Waals surface area contributed by atoms with Crippen molar-refractivity contribution >= 4 is 62.3 Å². The summed E-state index contributed by atoms with van der Waals surface area (Å²) in [5, 5.41) is 3.48. The molecule has 1 atom stereocenters. The minimum atomic E-state index is -4.16. The first-order valence-electron chi connectivity index (χ1n) is 11.2. The van der Waals surface area contributed by atoms with Gasteiger partial charge in [0.2, 0.25) is 11.8 Å². The Morgan fingerprint density at radius 3 is 2.22 bits per heavy atom. The predicted octanol–water partition coefficient (Wildman–Crippen LogP) is 5.31. The van der Waals surface area contributed by atoms with E-state index in [1.807, 2.05) is 6.92 Å². The van der Waals surface area contributed by atoms with E-state index in [2.05, 4.69) is 5.32 Å². The predicted molar refractivity (Wildman–Crippen MR) is 148 cm³/mol. The Hall–Kier alpha value is -2.78. The van der Waals surface area contributed by atoms with Gasteiger partial charge in [0.25, 0.3) is 10.0 Å². The number of nitrogens with one attached hydrogen (secondary N) is 1. The Balaban J connectivity index is 2.04. The van der Waals surface area contributed by atoms with Crippen molar-refractivity contribution in [2.45, 2.75) is 31.3 Å². The molecule has 37 heavy (non-hydrogen) atoms. The number of rotatable bonds is 9. The molecule has 3 aromatic carbocycles. The van der Waals surface area contributed by atoms with Gasteiger partial charge in [0.15, 0.2) is 0 Å². The van der Waals surface area contributed by atoms with Gasteiger partial charge in [-0.25, -0.2) is 8.42 Å². The van der Waals surface area contributed by atoms with Crippen molar-refractivity contribution in [3.8, 4) is 0 Å². The van der Waals surface area contributed by atoms with Crippen molar-refractivity contribution in [3.63, 3.8) is 0 Å². The van der Waals surface area contributed by atoms with Crippen LogP contribution in [0.15, 0.2) is 71.6 Å². The fourth-order valence-corrected chi connectivity index (χ4v) is 5.53. The maximum absolute atomic E-state index is 13.7. The number of anilines is 1. The number of hydrogen-bond donors (Lipinski definition) is 1. The summed E-state index contributed by atoms with van der Waals surface area (Å²) in [6.45, 7) is 2.83. The lowest BCUT2D eigenvalue weighted by Gasteiger charge is -2.32. The highest BCUT2D eigenvalue weighted by Crippen LogP contribution is 2.28. The number of aryl methyl sites for hydroxylation is 1. The van der Waals surface area contributed by atoms with Gasteiger partial charge in [0, 0.05) is 18.6 Å². The Morgan fingerprint density at radius 1 is 0.946 bits per heavy atom. The molecule has 0 saturated heterocycles. The average molecular weight is 583 g/mol. The lowest BCUT2D eigenvalue weighted by molar-refractivity contribution is -0.139. The van der Waals surface area contributed by atoms with Gasteiger partial charge < -0.3 is 10.2 Å². The van der Waals surface area contributed by atoms with Crippen LogP contribution >= 0.6 is 34.8 Å². The number of benzene rings is 3. The fourth-order valence-electron chi connectivity index (χ4n) is 3.62. The van der Waals surface area contributed by atoms with Crippen LogP contribution in [0.2, 0.25) is 15.1 Å². The zero-order chi connectivity index (χ0) is 27.3. The normalized spacial score (nSPS) is 12.1. The summed E-state index contributed by atoms with van der Waals surface area (Å²) in [6, 6.07) is 16.5. The number of hydrogen-bond acceptors (Lipinski definition) is 4. The summed E-state index contributed by atoms with van der Waals surface area (Å²) < 4.78 is 28.4. The molecule has 0 heterocycles. The van der Waals surface area contributed by atoms with Crippen LogP contribution in [0.25, 0.3) is 0 Å². The van der Waals surface area contributed by atoms with E-state index in [9.17, 15) is 18.0 Å². The van der Waals surface area contributed by atoms with Crippen molar-refractivity contribution in [2.24, 2.45) is 0 Å². The molecule has 1 N–H and O–H groups in total. The van der Waals surface area contributed by atoms with E-state index >= 15 is 0 Å². The van der Waals surface area contributed by atoms with Crippen molar-refractivity contribution in [1.82, 2.24) is 10.2 Å². The van der Waals surface area contributed by atoms with E-state index in [0.717, 1.165) is 9.87 Å². The number of likely N-dealkylation sites (N-methyl/N-ethyl adjacent to an activating group) is 1.